The molecule has 1 aliphatic rings. The van der Waals surface area contributed by atoms with Crippen molar-refractivity contribution in [2.75, 3.05) is 32.3 Å². The molecule has 2 rings (SSSR count). The summed E-state index contributed by atoms with van der Waals surface area (Å²) in [5, 5.41) is 0. The Hall–Kier alpha value is -2.29. The Balaban J connectivity index is 2.04. The van der Waals surface area contributed by atoms with Crippen LogP contribution in [0.15, 0.2) is 18.2 Å². The minimum absolute atomic E-state index is 0.0634. The number of carbonyl (C=O) groups is 2. The number of hydrogen-bond acceptors (Lipinski definition) is 7. The number of esters is 1. The Morgan fingerprint density at radius 3 is 2.56 bits per heavy atom. The van der Waals surface area contributed by atoms with Gasteiger partial charge in [-0.05, 0) is 38.5 Å². The quantitative estimate of drug-likeness (QED) is 0.637. The molecule has 0 aromatic heterocycles. The minimum Gasteiger partial charge on any atom is -0.493 e. The first-order chi connectivity index (χ1) is 12.7. The number of methoxy groups -OCH3 is 1. The molecule has 0 saturated carbocycles. The third kappa shape index (κ3) is 5.12. The summed E-state index contributed by atoms with van der Waals surface area (Å²) in [5.74, 6) is -0.223. The van der Waals surface area contributed by atoms with Crippen molar-refractivity contribution in [2.24, 2.45) is 0 Å². The smallest absolute Gasteiger partial charge is 0.339 e. The maximum absolute atomic E-state index is 12.5. The van der Waals surface area contributed by atoms with Crippen molar-refractivity contribution in [3.63, 3.8) is 0 Å². The van der Waals surface area contributed by atoms with Gasteiger partial charge in [-0.3, -0.25) is 4.79 Å². The first-order valence-electron chi connectivity index (χ1n) is 8.67. The van der Waals surface area contributed by atoms with Crippen LogP contribution in [0.5, 0.6) is 11.5 Å². The van der Waals surface area contributed by atoms with Gasteiger partial charge in [-0.15, -0.1) is 0 Å². The molecular weight excluding hydrogens is 374 g/mol. The lowest BCUT2D eigenvalue weighted by atomic mass is 10.2. The van der Waals surface area contributed by atoms with Crippen LogP contribution in [0.25, 0.3) is 0 Å². The standard InChI is InChI=1S/C18H25NO7S/c1-5-25-16-10-13(6-7-15(16)24-4)18(21)26-12(2)17(20)19(3)14-8-9-27(22,23)11-14/h6-7,10,12,14H,5,8-9,11H2,1-4H3/t12-,14+/m0/s1. The van der Waals surface area contributed by atoms with Gasteiger partial charge >= 0.3 is 5.97 Å². The third-order valence-corrected chi connectivity index (χ3v) is 6.18. The van der Waals surface area contributed by atoms with Crippen LogP contribution in [0.2, 0.25) is 0 Å². The molecule has 27 heavy (non-hydrogen) atoms. The lowest BCUT2D eigenvalue weighted by Crippen LogP contribution is -2.44. The van der Waals surface area contributed by atoms with Gasteiger partial charge in [0.1, 0.15) is 0 Å². The molecule has 1 aromatic carbocycles. The highest BCUT2D eigenvalue weighted by atomic mass is 32.2. The summed E-state index contributed by atoms with van der Waals surface area (Å²) in [6.07, 6.45) is -0.648. The van der Waals surface area contributed by atoms with Crippen molar-refractivity contribution in [2.45, 2.75) is 32.4 Å². The molecule has 1 heterocycles. The topological polar surface area (TPSA) is 99.2 Å². The van der Waals surface area contributed by atoms with Crippen molar-refractivity contribution >= 4 is 21.7 Å². The van der Waals surface area contributed by atoms with Crippen molar-refractivity contribution in [1.82, 2.24) is 4.90 Å². The van der Waals surface area contributed by atoms with Gasteiger partial charge in [0, 0.05) is 13.1 Å². The highest BCUT2D eigenvalue weighted by Gasteiger charge is 2.35. The van der Waals surface area contributed by atoms with Crippen molar-refractivity contribution in [3.05, 3.63) is 23.8 Å². The number of hydrogen-bond donors (Lipinski definition) is 0. The first kappa shape index (κ1) is 21.0. The van der Waals surface area contributed by atoms with E-state index in [2.05, 4.69) is 0 Å². The first-order valence-corrected chi connectivity index (χ1v) is 10.5. The van der Waals surface area contributed by atoms with Crippen LogP contribution in [-0.2, 0) is 19.4 Å². The largest absolute Gasteiger partial charge is 0.493 e. The summed E-state index contributed by atoms with van der Waals surface area (Å²) in [6, 6.07) is 4.21. The molecule has 9 heteroatoms. The van der Waals surface area contributed by atoms with Gasteiger partial charge in [-0.2, -0.15) is 0 Å². The molecule has 0 radical (unpaired) electrons. The van der Waals surface area contributed by atoms with Crippen molar-refractivity contribution in [1.29, 1.82) is 0 Å². The number of rotatable bonds is 7. The maximum Gasteiger partial charge on any atom is 0.339 e. The maximum atomic E-state index is 12.5. The van der Waals surface area contributed by atoms with Crippen LogP contribution < -0.4 is 9.47 Å². The fourth-order valence-electron chi connectivity index (χ4n) is 2.90. The van der Waals surface area contributed by atoms with Gasteiger partial charge in [-0.1, -0.05) is 0 Å². The lowest BCUT2D eigenvalue weighted by molar-refractivity contribution is -0.140. The van der Waals surface area contributed by atoms with E-state index in [4.69, 9.17) is 14.2 Å². The lowest BCUT2D eigenvalue weighted by Gasteiger charge is -2.26. The Kier molecular flexibility index (Phi) is 6.69. The van der Waals surface area contributed by atoms with E-state index < -0.39 is 33.9 Å². The Morgan fingerprint density at radius 2 is 2.00 bits per heavy atom. The highest BCUT2D eigenvalue weighted by Crippen LogP contribution is 2.28. The van der Waals surface area contributed by atoms with Crippen molar-refractivity contribution < 1.29 is 32.2 Å². The molecule has 0 N–H and O–H groups in total. The van der Waals surface area contributed by atoms with E-state index in [1.54, 1.807) is 6.07 Å². The van der Waals surface area contributed by atoms with Gasteiger partial charge in [0.05, 0.1) is 30.8 Å². The predicted octanol–water partition coefficient (Wildman–Crippen LogP) is 1.28. The molecule has 0 aliphatic carbocycles. The van der Waals surface area contributed by atoms with E-state index in [0.29, 0.717) is 24.5 Å². The van der Waals surface area contributed by atoms with Gasteiger partial charge in [0.25, 0.3) is 5.91 Å². The van der Waals surface area contributed by atoms with Crippen LogP contribution in [0, 0.1) is 0 Å². The predicted molar refractivity (Wildman–Crippen MR) is 98.9 cm³/mol. The average Bonchev–Trinajstić information content (AvgIpc) is 3.00. The zero-order valence-corrected chi connectivity index (χ0v) is 16.7. The van der Waals surface area contributed by atoms with Crippen LogP contribution in [0.3, 0.4) is 0 Å². The zero-order valence-electron chi connectivity index (χ0n) is 15.9. The van der Waals surface area contributed by atoms with E-state index in [1.807, 2.05) is 6.92 Å². The van der Waals surface area contributed by atoms with Gasteiger partial charge in [-0.25, -0.2) is 13.2 Å². The van der Waals surface area contributed by atoms with Crippen LogP contribution in [0.4, 0.5) is 0 Å². The molecule has 2 atom stereocenters. The second-order valence-electron chi connectivity index (χ2n) is 6.35. The molecule has 0 unspecified atom stereocenters. The van der Waals surface area contributed by atoms with E-state index >= 15 is 0 Å². The van der Waals surface area contributed by atoms with Gasteiger partial charge in [0.2, 0.25) is 0 Å². The summed E-state index contributed by atoms with van der Waals surface area (Å²) in [4.78, 5) is 26.2. The fourth-order valence-corrected chi connectivity index (χ4v) is 4.67. The molecule has 0 bridgehead atoms. The summed E-state index contributed by atoms with van der Waals surface area (Å²) in [6.45, 7) is 3.68. The summed E-state index contributed by atoms with van der Waals surface area (Å²) >= 11 is 0. The Morgan fingerprint density at radius 1 is 1.30 bits per heavy atom. The number of ether oxygens (including phenoxy) is 3. The van der Waals surface area contributed by atoms with Crippen LogP contribution in [0.1, 0.15) is 30.6 Å². The Labute approximate surface area is 159 Å². The number of benzene rings is 1. The second-order valence-corrected chi connectivity index (χ2v) is 8.58. The Bertz CT molecular complexity index is 806. The number of nitrogens with zero attached hydrogens (tertiary/aromatic N) is 1. The van der Waals surface area contributed by atoms with Crippen molar-refractivity contribution in [3.8, 4) is 11.5 Å². The summed E-state index contributed by atoms with van der Waals surface area (Å²) < 4.78 is 39.0. The molecule has 1 aliphatic heterocycles. The van der Waals surface area contributed by atoms with Crippen LogP contribution >= 0.6 is 0 Å². The number of amides is 1. The highest BCUT2D eigenvalue weighted by molar-refractivity contribution is 7.91. The molecule has 1 aromatic rings. The fraction of sp³-hybridized carbons (Fsp3) is 0.556. The molecule has 8 nitrogen and oxygen atoms in total. The van der Waals surface area contributed by atoms with Crippen LogP contribution in [-0.4, -0.2) is 69.6 Å². The molecule has 0 spiro atoms. The minimum atomic E-state index is -3.11. The molecule has 1 amide bonds. The SMILES string of the molecule is CCOc1cc(C(=O)O[C@@H](C)C(=O)N(C)[C@@H]2CCS(=O)(=O)C2)ccc1OC. The average molecular weight is 399 g/mol. The molecular formula is C18H25NO7S. The normalized spacial score (nSPS) is 19.2. The monoisotopic (exact) mass is 399 g/mol. The van der Waals surface area contributed by atoms with E-state index in [0.717, 1.165) is 0 Å². The number of likely N-dealkylation sites (N-methyl/N-ethyl adjacent to an activating group) is 1. The number of carbonyl (C=O) groups excluding carboxylic acids is 2. The molecule has 1 saturated heterocycles. The zero-order chi connectivity index (χ0) is 20.2. The van der Waals surface area contributed by atoms with E-state index in [9.17, 15) is 18.0 Å². The second kappa shape index (κ2) is 8.60. The summed E-state index contributed by atoms with van der Waals surface area (Å²) in [7, 11) is -0.0878. The molecule has 150 valence electrons. The molecule has 1 fully saturated rings. The third-order valence-electron chi connectivity index (χ3n) is 4.43. The summed E-state index contributed by atoms with van der Waals surface area (Å²) in [5.41, 5.74) is 0.227. The van der Waals surface area contributed by atoms with E-state index in [1.165, 1.54) is 38.1 Å². The van der Waals surface area contributed by atoms with Gasteiger partial charge < -0.3 is 19.1 Å². The number of sulfone groups is 1. The van der Waals surface area contributed by atoms with E-state index in [-0.39, 0.29) is 17.1 Å². The van der Waals surface area contributed by atoms with Gasteiger partial charge in [0.15, 0.2) is 27.4 Å².